The minimum absolute atomic E-state index is 0.0440. The summed E-state index contributed by atoms with van der Waals surface area (Å²) in [5.74, 6) is 0. The van der Waals surface area contributed by atoms with E-state index < -0.39 is 0 Å². The van der Waals surface area contributed by atoms with Crippen molar-refractivity contribution in [1.82, 2.24) is 0 Å². The van der Waals surface area contributed by atoms with Crippen LogP contribution in [-0.4, -0.2) is 9.49 Å². The molecule has 2 heteroatoms. The van der Waals surface area contributed by atoms with Crippen LogP contribution in [0.5, 0.6) is 0 Å². The molecule has 4 aromatic rings. The Hall–Kier alpha value is -2.42. The normalized spacial score (nSPS) is 31.9. The first kappa shape index (κ1) is 28.8. The fourth-order valence-electron chi connectivity index (χ4n) is 10.2. The van der Waals surface area contributed by atoms with E-state index in [2.05, 4.69) is 138 Å². The van der Waals surface area contributed by atoms with Crippen LogP contribution < -0.4 is 0 Å². The predicted octanol–water partition coefficient (Wildman–Crippen LogP) is 12.7. The summed E-state index contributed by atoms with van der Waals surface area (Å²) < 4.78 is 0.661. The molecule has 2 fully saturated rings. The molecule has 0 saturated heterocycles. The standard InChI is InChI=1S/C43H46S2/c1-39(2)33-23-27(29-13-17-37-35(25-29)40(3)19-7-9-21-42(40,5)44-37)11-15-31(33)32-16-12-28(24-34(32)39)30-14-18-38-36(26-30)41(4)20-8-10-22-43(41,6)45-38/h11-18,23-26H,7-10,19-22H2,1-6H3. The summed E-state index contributed by atoms with van der Waals surface area (Å²) in [6.07, 6.45) is 10.7. The number of benzene rings is 4. The molecule has 9 rings (SSSR count). The summed E-state index contributed by atoms with van der Waals surface area (Å²) in [5.41, 5.74) is 14.9. The molecular weight excluding hydrogens is 581 g/mol. The van der Waals surface area contributed by atoms with Gasteiger partial charge in [0.2, 0.25) is 0 Å². The summed E-state index contributed by atoms with van der Waals surface area (Å²) in [5, 5.41) is 0. The molecule has 5 aliphatic rings. The second kappa shape index (κ2) is 9.35. The van der Waals surface area contributed by atoms with Gasteiger partial charge in [-0.1, -0.05) is 89.8 Å². The van der Waals surface area contributed by atoms with Crippen molar-refractivity contribution in [2.24, 2.45) is 0 Å². The van der Waals surface area contributed by atoms with Crippen molar-refractivity contribution in [1.29, 1.82) is 0 Å². The maximum atomic E-state index is 2.55. The van der Waals surface area contributed by atoms with E-state index in [1.807, 2.05) is 0 Å². The summed E-state index contributed by atoms with van der Waals surface area (Å²) >= 11 is 4.29. The van der Waals surface area contributed by atoms with Crippen molar-refractivity contribution in [2.75, 3.05) is 0 Å². The van der Waals surface area contributed by atoms with Gasteiger partial charge in [-0.25, -0.2) is 0 Å². The Balaban J connectivity index is 1.08. The van der Waals surface area contributed by atoms with Gasteiger partial charge in [0.1, 0.15) is 0 Å². The minimum Gasteiger partial charge on any atom is -0.118 e. The molecule has 2 heterocycles. The molecule has 0 nitrogen and oxygen atoms in total. The molecule has 0 aromatic heterocycles. The van der Waals surface area contributed by atoms with Gasteiger partial charge in [0, 0.05) is 35.5 Å². The summed E-state index contributed by atoms with van der Waals surface area (Å²) in [6, 6.07) is 29.3. The zero-order chi connectivity index (χ0) is 31.0. The van der Waals surface area contributed by atoms with E-state index in [0.717, 1.165) is 0 Å². The Labute approximate surface area is 279 Å². The lowest BCUT2D eigenvalue weighted by Gasteiger charge is -2.45. The van der Waals surface area contributed by atoms with E-state index in [9.17, 15) is 0 Å². The van der Waals surface area contributed by atoms with Gasteiger partial charge in [-0.3, -0.25) is 0 Å². The fraction of sp³-hybridized carbons (Fsp3) is 0.442. The van der Waals surface area contributed by atoms with Crippen molar-refractivity contribution in [2.45, 2.75) is 128 Å². The number of rotatable bonds is 2. The molecule has 2 aliphatic heterocycles. The molecule has 3 aliphatic carbocycles. The van der Waals surface area contributed by atoms with E-state index >= 15 is 0 Å². The number of thioether (sulfide) groups is 2. The lowest BCUT2D eigenvalue weighted by molar-refractivity contribution is 0.260. The molecule has 4 aromatic carbocycles. The van der Waals surface area contributed by atoms with Crippen LogP contribution in [0.2, 0.25) is 0 Å². The molecule has 45 heavy (non-hydrogen) atoms. The van der Waals surface area contributed by atoms with Crippen LogP contribution in [0, 0.1) is 0 Å². The maximum Gasteiger partial charge on any atom is 0.0273 e. The van der Waals surface area contributed by atoms with Gasteiger partial charge in [-0.05, 0) is 132 Å². The summed E-state index contributed by atoms with van der Waals surface area (Å²) in [6.45, 7) is 15.0. The third-order valence-electron chi connectivity index (χ3n) is 13.7. The lowest BCUT2D eigenvalue weighted by atomic mass is 9.64. The second-order valence-corrected chi connectivity index (χ2v) is 19.4. The van der Waals surface area contributed by atoms with Crippen molar-refractivity contribution in [3.8, 4) is 33.4 Å². The number of hydrogen-bond acceptors (Lipinski definition) is 2. The third kappa shape index (κ3) is 3.76. The summed E-state index contributed by atoms with van der Waals surface area (Å²) in [7, 11) is 0. The molecular formula is C43H46S2. The van der Waals surface area contributed by atoms with Crippen LogP contribution in [0.4, 0.5) is 0 Å². The average molecular weight is 627 g/mol. The Bertz CT molecular complexity index is 1780. The van der Waals surface area contributed by atoms with Gasteiger partial charge >= 0.3 is 0 Å². The fourth-order valence-corrected chi connectivity index (χ4v) is 13.6. The smallest absolute Gasteiger partial charge is 0.0273 e. The topological polar surface area (TPSA) is 0 Å². The third-order valence-corrected chi connectivity index (χ3v) is 17.0. The molecule has 2 saturated carbocycles. The maximum absolute atomic E-state index is 2.55. The molecule has 4 atom stereocenters. The van der Waals surface area contributed by atoms with Crippen LogP contribution in [0.25, 0.3) is 33.4 Å². The Morgan fingerprint density at radius 3 is 1.20 bits per heavy atom. The van der Waals surface area contributed by atoms with Crippen molar-refractivity contribution >= 4 is 23.5 Å². The van der Waals surface area contributed by atoms with E-state index in [-0.39, 0.29) is 16.2 Å². The first-order chi connectivity index (χ1) is 21.5. The minimum atomic E-state index is -0.0440. The van der Waals surface area contributed by atoms with Gasteiger partial charge in [0.05, 0.1) is 0 Å². The highest BCUT2D eigenvalue weighted by Gasteiger charge is 2.54. The van der Waals surface area contributed by atoms with Crippen LogP contribution >= 0.6 is 23.5 Å². The first-order valence-corrected chi connectivity index (χ1v) is 19.1. The highest BCUT2D eigenvalue weighted by Crippen LogP contribution is 2.64. The number of hydrogen-bond donors (Lipinski definition) is 0. The van der Waals surface area contributed by atoms with E-state index in [1.165, 1.54) is 106 Å². The highest BCUT2D eigenvalue weighted by atomic mass is 32.2. The highest BCUT2D eigenvalue weighted by molar-refractivity contribution is 8.01. The predicted molar refractivity (Wildman–Crippen MR) is 195 cm³/mol. The van der Waals surface area contributed by atoms with E-state index in [1.54, 1.807) is 11.1 Å². The van der Waals surface area contributed by atoms with Crippen molar-refractivity contribution in [3.05, 3.63) is 95.1 Å². The first-order valence-electron chi connectivity index (χ1n) is 17.4. The van der Waals surface area contributed by atoms with Gasteiger partial charge in [0.15, 0.2) is 0 Å². The Morgan fingerprint density at radius 1 is 0.422 bits per heavy atom. The molecule has 230 valence electrons. The van der Waals surface area contributed by atoms with Gasteiger partial charge in [-0.2, -0.15) is 0 Å². The van der Waals surface area contributed by atoms with Gasteiger partial charge < -0.3 is 0 Å². The Morgan fingerprint density at radius 2 is 0.778 bits per heavy atom. The Kier molecular flexibility index (Phi) is 5.98. The number of fused-ring (bicyclic) bond motifs is 9. The quantitative estimate of drug-likeness (QED) is 0.217. The second-order valence-electron chi connectivity index (χ2n) is 16.3. The van der Waals surface area contributed by atoms with Crippen LogP contribution in [0.3, 0.4) is 0 Å². The molecule has 4 unspecified atom stereocenters. The summed E-state index contributed by atoms with van der Waals surface area (Å²) in [4.78, 5) is 3.03. The van der Waals surface area contributed by atoms with Crippen LogP contribution in [0.1, 0.15) is 115 Å². The lowest BCUT2D eigenvalue weighted by Crippen LogP contribution is -2.43. The molecule has 0 bridgehead atoms. The molecule has 0 N–H and O–H groups in total. The molecule has 0 amide bonds. The van der Waals surface area contributed by atoms with Crippen LogP contribution in [0.15, 0.2) is 82.6 Å². The van der Waals surface area contributed by atoms with E-state index in [0.29, 0.717) is 9.49 Å². The average Bonchev–Trinajstić information content (AvgIpc) is 3.52. The zero-order valence-corrected chi connectivity index (χ0v) is 29.5. The van der Waals surface area contributed by atoms with Crippen LogP contribution in [-0.2, 0) is 16.2 Å². The van der Waals surface area contributed by atoms with E-state index in [4.69, 9.17) is 0 Å². The van der Waals surface area contributed by atoms with Crippen molar-refractivity contribution < 1.29 is 0 Å². The van der Waals surface area contributed by atoms with Gasteiger partial charge in [0.25, 0.3) is 0 Å². The van der Waals surface area contributed by atoms with Gasteiger partial charge in [-0.15, -0.1) is 23.5 Å². The zero-order valence-electron chi connectivity index (χ0n) is 27.9. The SMILES string of the molecule is CC1(C)c2cc(-c3ccc4c(c3)C3(C)CCCCC3(C)S4)ccc2-c2ccc(-c3ccc4c(c3)C3(C)CCCCC3(C)S4)cc21. The molecule has 0 radical (unpaired) electrons. The largest absolute Gasteiger partial charge is 0.118 e. The van der Waals surface area contributed by atoms with Crippen molar-refractivity contribution in [3.63, 3.8) is 0 Å². The molecule has 0 spiro atoms. The monoisotopic (exact) mass is 626 g/mol.